The summed E-state index contributed by atoms with van der Waals surface area (Å²) in [5, 5.41) is 0. The second kappa shape index (κ2) is 13.6. The average molecular weight is 805 g/mol. The van der Waals surface area contributed by atoms with Crippen molar-refractivity contribution in [2.24, 2.45) is 0 Å². The summed E-state index contributed by atoms with van der Waals surface area (Å²) >= 11 is -6.15. The number of aryl methyl sites for hydroxylation is 4. The minimum atomic E-state index is -6.15. The molecule has 0 aromatic heterocycles. The summed E-state index contributed by atoms with van der Waals surface area (Å²) in [4.78, 5) is 0. The van der Waals surface area contributed by atoms with E-state index < -0.39 is 29.1 Å². The molecule has 4 rings (SSSR count). The number of rotatable bonds is 18. The SMILES string of the molecule is [CH2]=[Zr]([Cl])([Cl])([CH2]CCC)([CH2]CCC)([CH]1C=CC=C1)[CH]1c2cc(C)c(CCCC[Si](C)(C)C)cc2-c2cc(CCCC[Si](C)(C)C)c(C)cc21. The van der Waals surface area contributed by atoms with Gasteiger partial charge in [-0.15, -0.1) is 0 Å². The second-order valence-corrected chi connectivity index (χ2v) is 71.4. The van der Waals surface area contributed by atoms with Gasteiger partial charge in [0.25, 0.3) is 0 Å². The van der Waals surface area contributed by atoms with Crippen molar-refractivity contribution in [2.45, 2.75) is 159 Å². The summed E-state index contributed by atoms with van der Waals surface area (Å²) in [5.74, 6) is 0. The van der Waals surface area contributed by atoms with Crippen LogP contribution in [0.25, 0.3) is 11.1 Å². The molecule has 268 valence electrons. The fourth-order valence-electron chi connectivity index (χ4n) is 9.78. The standard InChI is InChI=1S/C29H45Si2.C5H5.2C4H9.CH2.2ClH.Zr/c1-22-17-26-19-27-18-23(2)25(14-10-12-16-31(6,7)8)21-29(27)28(26)20-24(22)13-9-11-15-30(3,4)5;1-2-4-5-3-1;2*1-3-4-2;;;;/h17-21H,9-16H2,1-8H3;1-5H;2*1,3-4H2,2H3;1H2;2*1H;/q;;;;;;;+2/p-2. The zero-order valence-electron chi connectivity index (χ0n) is 32.6. The molecule has 0 atom stereocenters. The Morgan fingerprint density at radius 2 is 1.02 bits per heavy atom. The molecule has 2 aliphatic carbocycles. The van der Waals surface area contributed by atoms with Gasteiger partial charge in [-0.1, -0.05) is 0 Å². The van der Waals surface area contributed by atoms with Gasteiger partial charge < -0.3 is 0 Å². The van der Waals surface area contributed by atoms with Crippen molar-refractivity contribution < 1.29 is 12.9 Å². The average Bonchev–Trinajstić information content (AvgIpc) is 3.64. The van der Waals surface area contributed by atoms with E-state index in [1.54, 1.807) is 0 Å². The Bertz CT molecular complexity index is 1580. The van der Waals surface area contributed by atoms with Gasteiger partial charge in [0.2, 0.25) is 0 Å². The van der Waals surface area contributed by atoms with Crippen molar-refractivity contribution in [3.63, 3.8) is 0 Å². The zero-order chi connectivity index (χ0) is 35.7. The van der Waals surface area contributed by atoms with E-state index >= 15 is 0 Å². The number of halogens is 2. The molecule has 48 heavy (non-hydrogen) atoms. The number of hydrogen-bond acceptors (Lipinski definition) is 0. The Kier molecular flexibility index (Phi) is 11.5. The first-order valence-electron chi connectivity index (χ1n) is 19.6. The quantitative estimate of drug-likeness (QED) is 0.104. The first-order valence-corrected chi connectivity index (χ1v) is 41.4. The normalized spacial score (nSPS) is 17.6. The summed E-state index contributed by atoms with van der Waals surface area (Å²) in [6, 6.07) is 13.0. The van der Waals surface area contributed by atoms with Crippen LogP contribution in [0.3, 0.4) is 0 Å². The summed E-state index contributed by atoms with van der Waals surface area (Å²) < 4.78 is 7.02. The Balaban J connectivity index is 1.97. The molecular formula is C43H70Cl2Si2Zr. The van der Waals surface area contributed by atoms with E-state index in [-0.39, 0.29) is 7.25 Å². The Hall–Kier alpha value is -0.313. The number of fused-ring (bicyclic) bond motifs is 3. The minimum absolute atomic E-state index is 0.0323. The summed E-state index contributed by atoms with van der Waals surface area (Å²) in [5.41, 5.74) is 11.3. The molecule has 0 N–H and O–H groups in total. The number of allylic oxidation sites excluding steroid dienone is 4. The monoisotopic (exact) mass is 802 g/mol. The molecule has 5 heteroatoms. The molecule has 0 nitrogen and oxygen atoms in total. The van der Waals surface area contributed by atoms with Gasteiger partial charge in [0, 0.05) is 0 Å². The number of unbranched alkanes of at least 4 members (excludes halogenated alkanes) is 4. The molecule has 0 aliphatic heterocycles. The molecule has 0 radical (unpaired) electrons. The molecule has 0 fully saturated rings. The van der Waals surface area contributed by atoms with Gasteiger partial charge >= 0.3 is 302 Å². The van der Waals surface area contributed by atoms with Gasteiger partial charge in [-0.05, 0) is 0 Å². The van der Waals surface area contributed by atoms with Gasteiger partial charge in [0.05, 0.1) is 0 Å². The van der Waals surface area contributed by atoms with Crippen LogP contribution < -0.4 is 0 Å². The molecule has 0 heterocycles. The van der Waals surface area contributed by atoms with E-state index in [0.717, 1.165) is 46.8 Å². The van der Waals surface area contributed by atoms with Crippen LogP contribution in [0.1, 0.15) is 102 Å². The third kappa shape index (κ3) is 8.02. The van der Waals surface area contributed by atoms with E-state index in [1.165, 1.54) is 82.3 Å². The van der Waals surface area contributed by atoms with E-state index in [2.05, 4.69) is 116 Å². The summed E-state index contributed by atoms with van der Waals surface area (Å²) in [6.07, 6.45) is 20.6. The van der Waals surface area contributed by atoms with E-state index in [0.29, 0.717) is 0 Å². The molecule has 2 aromatic rings. The van der Waals surface area contributed by atoms with Gasteiger partial charge in [-0.2, -0.15) is 0 Å². The molecule has 0 spiro atoms. The number of hydrogen-bond donors (Lipinski definition) is 0. The van der Waals surface area contributed by atoms with Gasteiger partial charge in [0.1, 0.15) is 0 Å². The van der Waals surface area contributed by atoms with E-state index in [9.17, 15) is 0 Å². The topological polar surface area (TPSA) is 0 Å². The van der Waals surface area contributed by atoms with Crippen LogP contribution in [0.15, 0.2) is 48.6 Å². The summed E-state index contributed by atoms with van der Waals surface area (Å²) in [6.45, 7) is 24.2. The van der Waals surface area contributed by atoms with Crippen molar-refractivity contribution in [2.75, 3.05) is 0 Å². The zero-order valence-corrected chi connectivity index (χ0v) is 38.6. The molecule has 0 bridgehead atoms. The molecule has 0 amide bonds. The second-order valence-electron chi connectivity index (χ2n) is 19.7. The van der Waals surface area contributed by atoms with Crippen LogP contribution in [0.4, 0.5) is 0 Å². The third-order valence-electron chi connectivity index (χ3n) is 12.8. The van der Waals surface area contributed by atoms with Crippen LogP contribution in [-0.4, -0.2) is 20.4 Å². The first kappa shape index (κ1) is 40.5. The maximum absolute atomic E-state index is 8.96. The van der Waals surface area contributed by atoms with Gasteiger partial charge in [-0.3, -0.25) is 0 Å². The van der Waals surface area contributed by atoms with Crippen LogP contribution in [0.2, 0.25) is 63.3 Å². The third-order valence-corrected chi connectivity index (χ3v) is 49.5. The first-order chi connectivity index (χ1) is 22.1. The molecule has 2 aliphatic rings. The molecular weight excluding hydrogens is 735 g/mol. The van der Waals surface area contributed by atoms with Crippen molar-refractivity contribution in [3.8, 4) is 11.1 Å². The molecule has 2 aromatic carbocycles. The maximum atomic E-state index is 8.96. The molecule has 0 saturated heterocycles. The van der Waals surface area contributed by atoms with E-state index in [1.807, 2.05) is 0 Å². The van der Waals surface area contributed by atoms with Crippen molar-refractivity contribution in [1.82, 2.24) is 0 Å². The van der Waals surface area contributed by atoms with Crippen molar-refractivity contribution >= 4 is 37.4 Å². The fourth-order valence-corrected chi connectivity index (χ4v) is 42.5. The molecule has 0 saturated carbocycles. The van der Waals surface area contributed by atoms with Crippen LogP contribution in [0, 0.1) is 13.8 Å². The van der Waals surface area contributed by atoms with Gasteiger partial charge in [0.15, 0.2) is 0 Å². The van der Waals surface area contributed by atoms with Crippen molar-refractivity contribution in [3.05, 3.63) is 82.0 Å². The predicted molar refractivity (Wildman–Crippen MR) is 226 cm³/mol. The molecule has 0 unspecified atom stereocenters. The Labute approximate surface area is 299 Å². The predicted octanol–water partition coefficient (Wildman–Crippen LogP) is 15.5. The number of benzene rings is 2. The van der Waals surface area contributed by atoms with Crippen molar-refractivity contribution in [1.29, 1.82) is 0 Å². The van der Waals surface area contributed by atoms with E-state index in [4.69, 9.17) is 21.2 Å². The fraction of sp³-hybridized carbons (Fsp3) is 0.605. The van der Waals surface area contributed by atoms with Crippen LogP contribution in [-0.2, 0) is 25.8 Å². The Morgan fingerprint density at radius 1 is 0.625 bits per heavy atom. The van der Waals surface area contributed by atoms with Gasteiger partial charge in [-0.25, -0.2) is 0 Å². The van der Waals surface area contributed by atoms with Crippen LogP contribution >= 0.6 is 17.0 Å². The Morgan fingerprint density at radius 3 is 1.38 bits per heavy atom. The summed E-state index contributed by atoms with van der Waals surface area (Å²) in [7, 11) is 15.8. The van der Waals surface area contributed by atoms with Crippen LogP contribution in [0.5, 0.6) is 0 Å².